The molecular formula is C22H27NO4. The Balaban J connectivity index is 2.24. The Morgan fingerprint density at radius 3 is 1.85 bits per heavy atom. The van der Waals surface area contributed by atoms with Crippen LogP contribution in [0, 0.1) is 0 Å². The fourth-order valence-corrected chi connectivity index (χ4v) is 2.82. The van der Waals surface area contributed by atoms with Crippen LogP contribution in [0.5, 0.6) is 5.75 Å². The molecule has 0 saturated heterocycles. The van der Waals surface area contributed by atoms with Gasteiger partial charge in [-0.1, -0.05) is 45.9 Å². The molecule has 0 aliphatic carbocycles. The number of para-hydroxylation sites is 1. The Morgan fingerprint density at radius 2 is 1.41 bits per heavy atom. The summed E-state index contributed by atoms with van der Waals surface area (Å²) in [5.74, 6) is -0.266. The third kappa shape index (κ3) is 5.09. The van der Waals surface area contributed by atoms with Gasteiger partial charge in [-0.3, -0.25) is 4.79 Å². The largest absolute Gasteiger partial charge is 0.479 e. The molecule has 0 bridgehead atoms. The first-order valence-corrected chi connectivity index (χ1v) is 9.14. The van der Waals surface area contributed by atoms with E-state index in [9.17, 15) is 9.59 Å². The summed E-state index contributed by atoms with van der Waals surface area (Å²) in [5, 5.41) is 12.0. The first kappa shape index (κ1) is 20.5. The summed E-state index contributed by atoms with van der Waals surface area (Å²) in [7, 11) is 0. The topological polar surface area (TPSA) is 75.6 Å². The maximum absolute atomic E-state index is 12.8. The lowest BCUT2D eigenvalue weighted by molar-refractivity contribution is -0.144. The van der Waals surface area contributed by atoms with Crippen molar-refractivity contribution in [3.8, 4) is 5.75 Å². The monoisotopic (exact) mass is 369 g/mol. The number of amides is 1. The standard InChI is InChI=1S/C22H27NO4/c1-13(2)18-7-6-8-19(14(3)4)20(18)23-21(24)16-9-11-17(12-10-16)27-15(5)22(25)26/h6-15H,1-5H3,(H,23,24)(H,25,26)/t15-/m0/s1. The highest BCUT2D eigenvalue weighted by atomic mass is 16.5. The zero-order chi connectivity index (χ0) is 20.1. The Bertz CT molecular complexity index is 783. The van der Waals surface area contributed by atoms with Crippen molar-refractivity contribution in [2.75, 3.05) is 5.32 Å². The van der Waals surface area contributed by atoms with Gasteiger partial charge >= 0.3 is 5.97 Å². The summed E-state index contributed by atoms with van der Waals surface area (Å²) in [4.78, 5) is 23.6. The van der Waals surface area contributed by atoms with Crippen LogP contribution in [0.3, 0.4) is 0 Å². The number of rotatable bonds is 7. The number of ether oxygens (including phenoxy) is 1. The second-order valence-corrected chi connectivity index (χ2v) is 7.20. The fourth-order valence-electron chi connectivity index (χ4n) is 2.82. The maximum Gasteiger partial charge on any atom is 0.344 e. The van der Waals surface area contributed by atoms with E-state index in [0.29, 0.717) is 11.3 Å². The van der Waals surface area contributed by atoms with Crippen LogP contribution in [0.25, 0.3) is 0 Å². The molecular weight excluding hydrogens is 342 g/mol. The van der Waals surface area contributed by atoms with Gasteiger partial charge in [0.1, 0.15) is 5.75 Å². The average molecular weight is 369 g/mol. The summed E-state index contributed by atoms with van der Waals surface area (Å²) in [5.41, 5.74) is 3.56. The molecule has 0 fully saturated rings. The Hall–Kier alpha value is -2.82. The molecule has 144 valence electrons. The van der Waals surface area contributed by atoms with Crippen LogP contribution in [-0.2, 0) is 4.79 Å². The first-order valence-electron chi connectivity index (χ1n) is 9.14. The van der Waals surface area contributed by atoms with Gasteiger partial charge in [0.05, 0.1) is 0 Å². The fraction of sp³-hybridized carbons (Fsp3) is 0.364. The predicted octanol–water partition coefficient (Wildman–Crippen LogP) is 5.04. The van der Waals surface area contributed by atoms with Gasteiger partial charge in [-0.25, -0.2) is 4.79 Å². The van der Waals surface area contributed by atoms with Crippen LogP contribution in [0.15, 0.2) is 42.5 Å². The van der Waals surface area contributed by atoms with Crippen molar-refractivity contribution >= 4 is 17.6 Å². The van der Waals surface area contributed by atoms with E-state index in [4.69, 9.17) is 9.84 Å². The molecule has 27 heavy (non-hydrogen) atoms. The molecule has 5 nitrogen and oxygen atoms in total. The molecule has 0 radical (unpaired) electrons. The highest BCUT2D eigenvalue weighted by Crippen LogP contribution is 2.32. The van der Waals surface area contributed by atoms with E-state index >= 15 is 0 Å². The molecule has 0 spiro atoms. The molecule has 1 atom stereocenters. The van der Waals surface area contributed by atoms with E-state index in [1.807, 2.05) is 18.2 Å². The molecule has 0 saturated carbocycles. The SMILES string of the molecule is CC(C)c1cccc(C(C)C)c1NC(=O)c1ccc(O[C@@H](C)C(=O)O)cc1. The molecule has 0 unspecified atom stereocenters. The minimum atomic E-state index is -1.04. The van der Waals surface area contributed by atoms with Crippen LogP contribution in [-0.4, -0.2) is 23.1 Å². The lowest BCUT2D eigenvalue weighted by Crippen LogP contribution is -2.22. The van der Waals surface area contributed by atoms with Gasteiger partial charge < -0.3 is 15.2 Å². The van der Waals surface area contributed by atoms with Crippen LogP contribution in [0.4, 0.5) is 5.69 Å². The zero-order valence-electron chi connectivity index (χ0n) is 16.4. The minimum Gasteiger partial charge on any atom is -0.479 e. The van der Waals surface area contributed by atoms with Crippen LogP contribution in [0.1, 0.15) is 67.9 Å². The second kappa shape index (κ2) is 8.71. The number of carbonyl (C=O) groups excluding carboxylic acids is 1. The van der Waals surface area contributed by atoms with Gasteiger partial charge in [0.2, 0.25) is 0 Å². The van der Waals surface area contributed by atoms with Crippen molar-refractivity contribution in [1.82, 2.24) is 0 Å². The highest BCUT2D eigenvalue weighted by molar-refractivity contribution is 6.05. The van der Waals surface area contributed by atoms with E-state index in [1.54, 1.807) is 24.3 Å². The van der Waals surface area contributed by atoms with Gasteiger partial charge in [-0.05, 0) is 54.2 Å². The number of anilines is 1. The quantitative estimate of drug-likeness (QED) is 0.717. The molecule has 5 heteroatoms. The molecule has 2 rings (SSSR count). The smallest absolute Gasteiger partial charge is 0.344 e. The van der Waals surface area contributed by atoms with E-state index in [-0.39, 0.29) is 17.7 Å². The van der Waals surface area contributed by atoms with E-state index < -0.39 is 12.1 Å². The van der Waals surface area contributed by atoms with Crippen molar-refractivity contribution in [1.29, 1.82) is 0 Å². The molecule has 0 aromatic heterocycles. The molecule has 2 N–H and O–H groups in total. The number of benzene rings is 2. The van der Waals surface area contributed by atoms with Gasteiger partial charge in [0, 0.05) is 11.3 Å². The predicted molar refractivity (Wildman–Crippen MR) is 107 cm³/mol. The van der Waals surface area contributed by atoms with Crippen molar-refractivity contribution in [3.63, 3.8) is 0 Å². The van der Waals surface area contributed by atoms with E-state index in [2.05, 4.69) is 33.0 Å². The summed E-state index contributed by atoms with van der Waals surface area (Å²) < 4.78 is 5.30. The Labute approximate surface area is 160 Å². The van der Waals surface area contributed by atoms with Crippen LogP contribution >= 0.6 is 0 Å². The summed E-state index contributed by atoms with van der Waals surface area (Å²) in [6.07, 6.45) is -0.948. The molecule has 0 heterocycles. The number of hydrogen-bond acceptors (Lipinski definition) is 3. The first-order chi connectivity index (χ1) is 12.7. The van der Waals surface area contributed by atoms with Gasteiger partial charge in [-0.2, -0.15) is 0 Å². The highest BCUT2D eigenvalue weighted by Gasteiger charge is 2.17. The second-order valence-electron chi connectivity index (χ2n) is 7.20. The van der Waals surface area contributed by atoms with Crippen molar-refractivity contribution in [2.45, 2.75) is 52.6 Å². The molecule has 2 aromatic rings. The number of hydrogen-bond donors (Lipinski definition) is 2. The third-order valence-corrected chi connectivity index (χ3v) is 4.39. The Kier molecular flexibility index (Phi) is 6.61. The minimum absolute atomic E-state index is 0.206. The number of carboxylic acid groups (broad SMARTS) is 1. The number of carboxylic acids is 1. The molecule has 0 aliphatic heterocycles. The third-order valence-electron chi connectivity index (χ3n) is 4.39. The van der Waals surface area contributed by atoms with Gasteiger partial charge in [-0.15, -0.1) is 0 Å². The summed E-state index contributed by atoms with van der Waals surface area (Å²) >= 11 is 0. The van der Waals surface area contributed by atoms with E-state index in [1.165, 1.54) is 6.92 Å². The maximum atomic E-state index is 12.8. The van der Waals surface area contributed by atoms with Crippen molar-refractivity contribution < 1.29 is 19.4 Å². The lowest BCUT2D eigenvalue weighted by Gasteiger charge is -2.20. The normalized spacial score (nSPS) is 12.1. The molecule has 2 aromatic carbocycles. The van der Waals surface area contributed by atoms with Gasteiger partial charge in [0.25, 0.3) is 5.91 Å². The van der Waals surface area contributed by atoms with Crippen LogP contribution < -0.4 is 10.1 Å². The van der Waals surface area contributed by atoms with E-state index in [0.717, 1.165) is 16.8 Å². The Morgan fingerprint density at radius 1 is 0.889 bits per heavy atom. The van der Waals surface area contributed by atoms with Crippen molar-refractivity contribution in [3.05, 3.63) is 59.2 Å². The van der Waals surface area contributed by atoms with Gasteiger partial charge in [0.15, 0.2) is 6.10 Å². The van der Waals surface area contributed by atoms with Crippen LogP contribution in [0.2, 0.25) is 0 Å². The molecule has 0 aliphatic rings. The summed E-state index contributed by atoms with van der Waals surface area (Å²) in [6, 6.07) is 12.6. The number of nitrogens with one attached hydrogen (secondary N) is 1. The summed E-state index contributed by atoms with van der Waals surface area (Å²) in [6.45, 7) is 9.87. The lowest BCUT2D eigenvalue weighted by atomic mass is 9.92. The van der Waals surface area contributed by atoms with Crippen molar-refractivity contribution in [2.24, 2.45) is 0 Å². The zero-order valence-corrected chi connectivity index (χ0v) is 16.4. The number of carbonyl (C=O) groups is 2. The average Bonchev–Trinajstić information content (AvgIpc) is 2.61. The number of aliphatic carboxylic acids is 1. The molecule has 1 amide bonds.